The van der Waals surface area contributed by atoms with Crippen LogP contribution in [0.2, 0.25) is 0 Å². The normalized spacial score (nSPS) is 10.7. The van der Waals surface area contributed by atoms with E-state index in [1.54, 1.807) is 0 Å². The molecular formula is C15H12F2N4S2. The van der Waals surface area contributed by atoms with Gasteiger partial charge in [-0.25, -0.2) is 13.8 Å². The maximum absolute atomic E-state index is 13.5. The second kappa shape index (κ2) is 6.93. The van der Waals surface area contributed by atoms with Gasteiger partial charge in [-0.15, -0.1) is 0 Å². The average molecular weight is 350 g/mol. The van der Waals surface area contributed by atoms with Crippen LogP contribution >= 0.6 is 23.6 Å². The molecule has 0 aliphatic heterocycles. The number of aromatic nitrogens is 2. The predicted molar refractivity (Wildman–Crippen MR) is 91.7 cm³/mol. The SMILES string of the molecule is Fc1ccnc(CCNC(=S)Nc2nc3ccccc3s2)c1F. The molecule has 2 aromatic heterocycles. The molecule has 118 valence electrons. The van der Waals surface area contributed by atoms with E-state index in [1.807, 2.05) is 24.3 Å². The first-order valence-corrected chi connectivity index (χ1v) is 8.05. The Balaban J connectivity index is 1.54. The Kier molecular flexibility index (Phi) is 4.73. The molecule has 0 saturated carbocycles. The second-order valence-corrected chi connectivity index (χ2v) is 6.11. The molecule has 0 aliphatic carbocycles. The first kappa shape index (κ1) is 15.7. The van der Waals surface area contributed by atoms with Crippen molar-refractivity contribution in [1.29, 1.82) is 0 Å². The lowest BCUT2D eigenvalue weighted by Crippen LogP contribution is -2.30. The summed E-state index contributed by atoms with van der Waals surface area (Å²) in [6.07, 6.45) is 1.47. The molecule has 23 heavy (non-hydrogen) atoms. The van der Waals surface area contributed by atoms with Gasteiger partial charge in [-0.1, -0.05) is 23.5 Å². The molecule has 0 saturated heterocycles. The van der Waals surface area contributed by atoms with E-state index in [2.05, 4.69) is 20.6 Å². The highest BCUT2D eigenvalue weighted by Gasteiger charge is 2.09. The third-order valence-corrected chi connectivity index (χ3v) is 4.27. The third kappa shape index (κ3) is 3.77. The molecule has 2 heterocycles. The molecule has 0 amide bonds. The molecule has 0 bridgehead atoms. The quantitative estimate of drug-likeness (QED) is 0.706. The standard InChI is InChI=1S/C15H12F2N4S2/c16-9-5-7-18-11(13(9)17)6-8-19-14(22)21-15-20-10-3-1-2-4-12(10)23-15/h1-5,7H,6,8H2,(H2,19,20,21,22). The van der Waals surface area contributed by atoms with Crippen molar-refractivity contribution in [2.24, 2.45) is 0 Å². The van der Waals surface area contributed by atoms with Crippen molar-refractivity contribution < 1.29 is 8.78 Å². The minimum atomic E-state index is -0.917. The summed E-state index contributed by atoms with van der Waals surface area (Å²) < 4.78 is 27.6. The number of pyridine rings is 1. The van der Waals surface area contributed by atoms with Gasteiger partial charge in [-0.2, -0.15) is 0 Å². The molecule has 2 N–H and O–H groups in total. The summed E-state index contributed by atoms with van der Waals surface area (Å²) >= 11 is 6.66. The highest BCUT2D eigenvalue weighted by Crippen LogP contribution is 2.25. The first-order valence-electron chi connectivity index (χ1n) is 6.83. The lowest BCUT2D eigenvalue weighted by molar-refractivity contribution is 0.491. The highest BCUT2D eigenvalue weighted by molar-refractivity contribution is 7.80. The summed E-state index contributed by atoms with van der Waals surface area (Å²) in [6, 6.07) is 8.76. The van der Waals surface area contributed by atoms with Crippen LogP contribution < -0.4 is 10.6 Å². The van der Waals surface area contributed by atoms with Gasteiger partial charge in [0.05, 0.1) is 15.9 Å². The fourth-order valence-electron chi connectivity index (χ4n) is 2.00. The number of nitrogens with zero attached hydrogens (tertiary/aromatic N) is 2. The van der Waals surface area contributed by atoms with Gasteiger partial charge in [0, 0.05) is 19.2 Å². The molecule has 0 fully saturated rings. The maximum atomic E-state index is 13.5. The molecule has 4 nitrogen and oxygen atoms in total. The van der Waals surface area contributed by atoms with Gasteiger partial charge in [0.1, 0.15) is 0 Å². The van der Waals surface area contributed by atoms with Crippen LogP contribution in [0.5, 0.6) is 0 Å². The largest absolute Gasteiger partial charge is 0.362 e. The van der Waals surface area contributed by atoms with Crippen molar-refractivity contribution in [3.05, 3.63) is 53.9 Å². The minimum Gasteiger partial charge on any atom is -0.362 e. The van der Waals surface area contributed by atoms with E-state index in [4.69, 9.17) is 12.2 Å². The Bertz CT molecular complexity index is 817. The zero-order valence-corrected chi connectivity index (χ0v) is 13.5. The predicted octanol–water partition coefficient (Wildman–Crippen LogP) is 3.50. The number of hydrogen-bond donors (Lipinski definition) is 2. The molecule has 3 aromatic rings. The molecule has 0 atom stereocenters. The van der Waals surface area contributed by atoms with Crippen molar-refractivity contribution in [3.63, 3.8) is 0 Å². The molecule has 8 heteroatoms. The summed E-state index contributed by atoms with van der Waals surface area (Å²) in [5.41, 5.74) is 0.967. The Morgan fingerprint density at radius 2 is 2.04 bits per heavy atom. The number of benzene rings is 1. The van der Waals surface area contributed by atoms with Crippen LogP contribution in [0.25, 0.3) is 10.2 Å². The Hall–Kier alpha value is -2.19. The smallest absolute Gasteiger partial charge is 0.190 e. The monoisotopic (exact) mass is 350 g/mol. The maximum Gasteiger partial charge on any atom is 0.190 e. The summed E-state index contributed by atoms with van der Waals surface area (Å²) in [6.45, 7) is 0.337. The first-order chi connectivity index (χ1) is 11.1. The molecule has 0 radical (unpaired) electrons. The minimum absolute atomic E-state index is 0.0697. The van der Waals surface area contributed by atoms with E-state index < -0.39 is 11.6 Å². The number of halogens is 2. The summed E-state index contributed by atoms with van der Waals surface area (Å²) in [7, 11) is 0. The van der Waals surface area contributed by atoms with Crippen LogP contribution in [0, 0.1) is 11.6 Å². The average Bonchev–Trinajstić information content (AvgIpc) is 2.93. The Morgan fingerprint density at radius 1 is 1.22 bits per heavy atom. The van der Waals surface area contributed by atoms with Gasteiger partial charge in [0.25, 0.3) is 0 Å². The molecule has 1 aromatic carbocycles. The lowest BCUT2D eigenvalue weighted by Gasteiger charge is -2.08. The summed E-state index contributed by atoms with van der Waals surface area (Å²) in [5, 5.41) is 6.97. The van der Waals surface area contributed by atoms with E-state index in [0.717, 1.165) is 16.3 Å². The second-order valence-electron chi connectivity index (χ2n) is 4.67. The van der Waals surface area contributed by atoms with E-state index in [9.17, 15) is 8.78 Å². The van der Waals surface area contributed by atoms with E-state index in [-0.39, 0.29) is 12.1 Å². The van der Waals surface area contributed by atoms with E-state index in [0.29, 0.717) is 16.8 Å². The molecular weight excluding hydrogens is 338 g/mol. The lowest BCUT2D eigenvalue weighted by atomic mass is 10.2. The molecule has 0 unspecified atom stereocenters. The van der Waals surface area contributed by atoms with Crippen molar-refractivity contribution >= 4 is 44.0 Å². The number of rotatable bonds is 4. The van der Waals surface area contributed by atoms with Crippen molar-refractivity contribution in [2.45, 2.75) is 6.42 Å². The van der Waals surface area contributed by atoms with Crippen LogP contribution in [0.15, 0.2) is 36.5 Å². The molecule has 0 aliphatic rings. The van der Waals surface area contributed by atoms with E-state index in [1.165, 1.54) is 17.5 Å². The number of thiazole rings is 1. The van der Waals surface area contributed by atoms with Crippen molar-refractivity contribution in [2.75, 3.05) is 11.9 Å². The van der Waals surface area contributed by atoms with Gasteiger partial charge >= 0.3 is 0 Å². The molecule has 0 spiro atoms. The van der Waals surface area contributed by atoms with Crippen LogP contribution in [0.4, 0.5) is 13.9 Å². The van der Waals surface area contributed by atoms with Gasteiger partial charge in [-0.05, 0) is 30.4 Å². The summed E-state index contributed by atoms with van der Waals surface area (Å²) in [5.74, 6) is -1.82. The van der Waals surface area contributed by atoms with Crippen LogP contribution in [-0.2, 0) is 6.42 Å². The zero-order valence-electron chi connectivity index (χ0n) is 11.8. The fourth-order valence-corrected chi connectivity index (χ4v) is 3.13. The number of anilines is 1. The van der Waals surface area contributed by atoms with Crippen LogP contribution in [0.1, 0.15) is 5.69 Å². The van der Waals surface area contributed by atoms with Crippen molar-refractivity contribution in [3.8, 4) is 0 Å². The number of thiocarbonyl (C=S) groups is 1. The Morgan fingerprint density at radius 3 is 2.87 bits per heavy atom. The van der Waals surface area contributed by atoms with Gasteiger partial charge < -0.3 is 10.6 Å². The number of para-hydroxylation sites is 1. The van der Waals surface area contributed by atoms with E-state index >= 15 is 0 Å². The fraction of sp³-hybridized carbons (Fsp3) is 0.133. The zero-order chi connectivity index (χ0) is 16.2. The van der Waals surface area contributed by atoms with Gasteiger partial charge in [-0.3, -0.25) is 4.98 Å². The van der Waals surface area contributed by atoms with Crippen LogP contribution in [0.3, 0.4) is 0 Å². The highest BCUT2D eigenvalue weighted by atomic mass is 32.1. The number of hydrogen-bond acceptors (Lipinski definition) is 4. The van der Waals surface area contributed by atoms with Gasteiger partial charge in [0.15, 0.2) is 21.9 Å². The molecule has 3 rings (SSSR count). The number of fused-ring (bicyclic) bond motifs is 1. The van der Waals surface area contributed by atoms with Crippen molar-refractivity contribution in [1.82, 2.24) is 15.3 Å². The number of nitrogens with one attached hydrogen (secondary N) is 2. The Labute approximate surface area is 140 Å². The van der Waals surface area contributed by atoms with Gasteiger partial charge in [0.2, 0.25) is 0 Å². The van der Waals surface area contributed by atoms with Crippen LogP contribution in [-0.4, -0.2) is 21.6 Å². The summed E-state index contributed by atoms with van der Waals surface area (Å²) in [4.78, 5) is 8.22. The third-order valence-electron chi connectivity index (χ3n) is 3.08. The topological polar surface area (TPSA) is 49.8 Å².